The van der Waals surface area contributed by atoms with Crippen molar-refractivity contribution in [3.63, 3.8) is 0 Å². The summed E-state index contributed by atoms with van der Waals surface area (Å²) in [5.41, 5.74) is 9.39. The highest BCUT2D eigenvalue weighted by molar-refractivity contribution is 7.11. The lowest BCUT2D eigenvalue weighted by molar-refractivity contribution is 0.934. The molecule has 0 unspecified atom stereocenters. The highest BCUT2D eigenvalue weighted by Crippen LogP contribution is 2.35. The minimum absolute atomic E-state index is 0.192. The van der Waals surface area contributed by atoms with E-state index in [1.54, 1.807) is 11.3 Å². The van der Waals surface area contributed by atoms with Gasteiger partial charge in [0.15, 0.2) is 0 Å². The van der Waals surface area contributed by atoms with Crippen molar-refractivity contribution in [3.8, 4) is 0 Å². The average molecular weight is 308 g/mol. The zero-order chi connectivity index (χ0) is 15.4. The Balaban J connectivity index is 2.08. The van der Waals surface area contributed by atoms with Crippen molar-refractivity contribution >= 4 is 11.3 Å². The summed E-state index contributed by atoms with van der Waals surface area (Å²) in [7, 11) is 0. The first kappa shape index (κ1) is 14.9. The van der Waals surface area contributed by atoms with Gasteiger partial charge in [-0.05, 0) is 31.0 Å². The van der Waals surface area contributed by atoms with E-state index in [0.717, 1.165) is 17.1 Å². The number of hydrogen-bond acceptors (Lipinski definition) is 3. The van der Waals surface area contributed by atoms with E-state index < -0.39 is 0 Å². The second-order valence-electron chi connectivity index (χ2n) is 5.35. The molecule has 0 atom stereocenters. The largest absolute Gasteiger partial charge is 0.330 e. The van der Waals surface area contributed by atoms with Crippen LogP contribution in [0.1, 0.15) is 32.6 Å². The van der Waals surface area contributed by atoms with Crippen LogP contribution in [-0.2, 0) is 6.42 Å². The molecule has 2 N–H and O–H groups in total. The van der Waals surface area contributed by atoms with E-state index >= 15 is 0 Å². The Morgan fingerprint density at radius 2 is 1.50 bits per heavy atom. The molecular formula is C19H20N2S. The third kappa shape index (κ3) is 3.11. The topological polar surface area (TPSA) is 38.9 Å². The molecule has 1 aromatic heterocycles. The fourth-order valence-electron chi connectivity index (χ4n) is 2.71. The summed E-state index contributed by atoms with van der Waals surface area (Å²) in [5, 5.41) is 1.15. The van der Waals surface area contributed by atoms with E-state index in [9.17, 15) is 0 Å². The Morgan fingerprint density at radius 3 is 2.00 bits per heavy atom. The van der Waals surface area contributed by atoms with Crippen LogP contribution in [0.2, 0.25) is 0 Å². The number of nitrogens with zero attached hydrogens (tertiary/aromatic N) is 1. The van der Waals surface area contributed by atoms with Gasteiger partial charge in [0.1, 0.15) is 5.01 Å². The molecule has 0 amide bonds. The number of aryl methyl sites for hydroxylation is 1. The van der Waals surface area contributed by atoms with Crippen LogP contribution in [0, 0.1) is 6.92 Å². The molecule has 3 aromatic rings. The van der Waals surface area contributed by atoms with Crippen LogP contribution in [0.4, 0.5) is 0 Å². The highest BCUT2D eigenvalue weighted by atomic mass is 32.1. The quantitative estimate of drug-likeness (QED) is 0.769. The van der Waals surface area contributed by atoms with E-state index in [1.807, 2.05) is 0 Å². The third-order valence-electron chi connectivity index (χ3n) is 3.79. The minimum atomic E-state index is 0.192. The summed E-state index contributed by atoms with van der Waals surface area (Å²) in [6.07, 6.45) is 0.903. The van der Waals surface area contributed by atoms with E-state index in [-0.39, 0.29) is 5.92 Å². The number of thiazole rings is 1. The second kappa shape index (κ2) is 6.86. The molecular weight excluding hydrogens is 288 g/mol. The summed E-state index contributed by atoms with van der Waals surface area (Å²) >= 11 is 1.79. The monoisotopic (exact) mass is 308 g/mol. The Morgan fingerprint density at radius 1 is 0.955 bits per heavy atom. The molecule has 0 aliphatic rings. The van der Waals surface area contributed by atoms with Crippen LogP contribution in [0.25, 0.3) is 0 Å². The molecule has 1 heterocycles. The molecule has 0 radical (unpaired) electrons. The molecule has 112 valence electrons. The summed E-state index contributed by atoms with van der Waals surface area (Å²) < 4.78 is 0. The van der Waals surface area contributed by atoms with Crippen LogP contribution in [0.5, 0.6) is 0 Å². The molecule has 3 heteroatoms. The Labute approximate surface area is 135 Å². The molecule has 0 aliphatic heterocycles. The SMILES string of the molecule is Cc1nc(C(c2ccccc2)c2ccccc2)sc1CCN. The number of rotatable bonds is 5. The minimum Gasteiger partial charge on any atom is -0.330 e. The normalized spacial score (nSPS) is 11.0. The van der Waals surface area contributed by atoms with Gasteiger partial charge in [-0.15, -0.1) is 11.3 Å². The first-order valence-electron chi connectivity index (χ1n) is 7.55. The molecule has 0 bridgehead atoms. The summed E-state index contributed by atoms with van der Waals surface area (Å²) in [5.74, 6) is 0.192. The van der Waals surface area contributed by atoms with E-state index in [1.165, 1.54) is 16.0 Å². The van der Waals surface area contributed by atoms with Crippen LogP contribution < -0.4 is 5.73 Å². The van der Waals surface area contributed by atoms with Gasteiger partial charge in [-0.25, -0.2) is 4.98 Å². The van der Waals surface area contributed by atoms with Crippen LogP contribution in [0.15, 0.2) is 60.7 Å². The molecule has 22 heavy (non-hydrogen) atoms. The Hall–Kier alpha value is -1.97. The number of hydrogen-bond donors (Lipinski definition) is 1. The van der Waals surface area contributed by atoms with Crippen molar-refractivity contribution in [2.75, 3.05) is 6.54 Å². The van der Waals surface area contributed by atoms with E-state index in [0.29, 0.717) is 6.54 Å². The number of benzene rings is 2. The van der Waals surface area contributed by atoms with Gasteiger partial charge < -0.3 is 5.73 Å². The maximum atomic E-state index is 5.72. The lowest BCUT2D eigenvalue weighted by Gasteiger charge is -2.15. The highest BCUT2D eigenvalue weighted by Gasteiger charge is 2.21. The first-order valence-corrected chi connectivity index (χ1v) is 8.37. The summed E-state index contributed by atoms with van der Waals surface area (Å²) in [6, 6.07) is 21.2. The number of nitrogens with two attached hydrogens (primary N) is 1. The fourth-order valence-corrected chi connectivity index (χ4v) is 3.94. The van der Waals surface area contributed by atoms with Crippen LogP contribution >= 0.6 is 11.3 Å². The predicted molar refractivity (Wildman–Crippen MR) is 93.4 cm³/mol. The standard InChI is InChI=1S/C19H20N2S/c1-14-17(12-13-20)22-19(21-14)18(15-8-4-2-5-9-15)16-10-6-3-7-11-16/h2-11,18H,12-13,20H2,1H3. The summed E-state index contributed by atoms with van der Waals surface area (Å²) in [6.45, 7) is 2.75. The lowest BCUT2D eigenvalue weighted by Crippen LogP contribution is -2.02. The molecule has 2 aromatic carbocycles. The summed E-state index contributed by atoms with van der Waals surface area (Å²) in [4.78, 5) is 6.15. The third-order valence-corrected chi connectivity index (χ3v) is 5.08. The van der Waals surface area contributed by atoms with Crippen molar-refractivity contribution in [1.29, 1.82) is 0 Å². The second-order valence-corrected chi connectivity index (χ2v) is 6.47. The van der Waals surface area contributed by atoms with E-state index in [2.05, 4.69) is 67.6 Å². The van der Waals surface area contributed by atoms with Crippen molar-refractivity contribution in [1.82, 2.24) is 4.98 Å². The first-order chi connectivity index (χ1) is 10.8. The Bertz CT molecular complexity index is 680. The van der Waals surface area contributed by atoms with Crippen molar-refractivity contribution in [2.24, 2.45) is 5.73 Å². The Kier molecular flexibility index (Phi) is 4.66. The molecule has 0 saturated carbocycles. The van der Waals surface area contributed by atoms with Crippen LogP contribution in [-0.4, -0.2) is 11.5 Å². The van der Waals surface area contributed by atoms with Crippen molar-refractivity contribution < 1.29 is 0 Å². The zero-order valence-electron chi connectivity index (χ0n) is 12.7. The predicted octanol–water partition coefficient (Wildman–Crippen LogP) is 4.13. The molecule has 0 aliphatic carbocycles. The van der Waals surface area contributed by atoms with Gasteiger partial charge in [0.05, 0.1) is 11.6 Å². The molecule has 3 rings (SSSR count). The molecule has 0 spiro atoms. The van der Waals surface area contributed by atoms with Gasteiger partial charge >= 0.3 is 0 Å². The van der Waals surface area contributed by atoms with Gasteiger partial charge in [-0.2, -0.15) is 0 Å². The average Bonchev–Trinajstić information content (AvgIpc) is 2.91. The lowest BCUT2D eigenvalue weighted by atomic mass is 9.92. The maximum Gasteiger partial charge on any atom is 0.105 e. The molecule has 0 fully saturated rings. The van der Waals surface area contributed by atoms with Crippen LogP contribution in [0.3, 0.4) is 0 Å². The van der Waals surface area contributed by atoms with E-state index in [4.69, 9.17) is 10.7 Å². The van der Waals surface area contributed by atoms with Gasteiger partial charge in [-0.3, -0.25) is 0 Å². The molecule has 0 saturated heterocycles. The smallest absolute Gasteiger partial charge is 0.105 e. The van der Waals surface area contributed by atoms with Gasteiger partial charge in [0, 0.05) is 4.88 Å². The molecule has 2 nitrogen and oxygen atoms in total. The van der Waals surface area contributed by atoms with Crippen molar-refractivity contribution in [2.45, 2.75) is 19.3 Å². The van der Waals surface area contributed by atoms with Gasteiger partial charge in [-0.1, -0.05) is 60.7 Å². The van der Waals surface area contributed by atoms with Gasteiger partial charge in [0.2, 0.25) is 0 Å². The zero-order valence-corrected chi connectivity index (χ0v) is 13.5. The number of aromatic nitrogens is 1. The fraction of sp³-hybridized carbons (Fsp3) is 0.211. The maximum absolute atomic E-state index is 5.72. The van der Waals surface area contributed by atoms with Crippen molar-refractivity contribution in [3.05, 3.63) is 87.4 Å². The van der Waals surface area contributed by atoms with Gasteiger partial charge in [0.25, 0.3) is 0 Å².